The summed E-state index contributed by atoms with van der Waals surface area (Å²) >= 11 is 0. The number of benzene rings is 1. The highest BCUT2D eigenvalue weighted by atomic mass is 16.6. The van der Waals surface area contributed by atoms with Crippen molar-refractivity contribution in [3.8, 4) is 5.75 Å². The van der Waals surface area contributed by atoms with Gasteiger partial charge in [0.25, 0.3) is 5.69 Å². The zero-order valence-electron chi connectivity index (χ0n) is 11.9. The summed E-state index contributed by atoms with van der Waals surface area (Å²) in [4.78, 5) is 10.5. The monoisotopic (exact) mass is 279 g/mol. The van der Waals surface area contributed by atoms with Crippen molar-refractivity contribution in [3.05, 3.63) is 28.3 Å². The molecule has 2 rings (SSSR count). The maximum absolute atomic E-state index is 10.9. The predicted molar refractivity (Wildman–Crippen MR) is 78.4 cm³/mol. The molecule has 1 fully saturated rings. The fraction of sp³-hybridized carbons (Fsp3) is 0.571. The van der Waals surface area contributed by atoms with Gasteiger partial charge in [-0.25, -0.2) is 0 Å². The van der Waals surface area contributed by atoms with Gasteiger partial charge in [0, 0.05) is 29.9 Å². The lowest BCUT2D eigenvalue weighted by atomic mass is 9.91. The van der Waals surface area contributed by atoms with E-state index >= 15 is 0 Å². The van der Waals surface area contributed by atoms with Crippen LogP contribution in [0, 0.1) is 10.1 Å². The summed E-state index contributed by atoms with van der Waals surface area (Å²) < 4.78 is 5.11. The van der Waals surface area contributed by atoms with E-state index in [0.29, 0.717) is 17.8 Å². The number of nitro benzene ring substituents is 1. The number of nitrogens with zero attached hydrogens (tertiary/aromatic N) is 1. The molecule has 0 aliphatic heterocycles. The molecule has 6 heteroatoms. The van der Waals surface area contributed by atoms with E-state index in [4.69, 9.17) is 4.74 Å². The second-order valence-corrected chi connectivity index (χ2v) is 5.16. The van der Waals surface area contributed by atoms with Crippen LogP contribution in [0.15, 0.2) is 18.2 Å². The second kappa shape index (κ2) is 6.56. The van der Waals surface area contributed by atoms with Crippen molar-refractivity contribution in [2.24, 2.45) is 0 Å². The van der Waals surface area contributed by atoms with E-state index < -0.39 is 4.92 Å². The molecule has 1 aromatic rings. The minimum atomic E-state index is -0.397. The Morgan fingerprint density at radius 2 is 1.85 bits per heavy atom. The van der Waals surface area contributed by atoms with E-state index in [2.05, 4.69) is 10.6 Å². The van der Waals surface area contributed by atoms with E-state index in [0.717, 1.165) is 31.4 Å². The number of hydrogen-bond acceptors (Lipinski definition) is 5. The topological polar surface area (TPSA) is 76.4 Å². The molecule has 0 atom stereocenters. The number of methoxy groups -OCH3 is 1. The zero-order chi connectivity index (χ0) is 14.5. The van der Waals surface area contributed by atoms with Crippen LogP contribution in [0.4, 0.5) is 11.4 Å². The van der Waals surface area contributed by atoms with Crippen molar-refractivity contribution in [1.82, 2.24) is 5.32 Å². The van der Waals surface area contributed by atoms with Crippen LogP contribution < -0.4 is 15.4 Å². The van der Waals surface area contributed by atoms with Crippen LogP contribution in [0.5, 0.6) is 5.75 Å². The van der Waals surface area contributed by atoms with Crippen molar-refractivity contribution < 1.29 is 9.66 Å². The van der Waals surface area contributed by atoms with Crippen LogP contribution in [0.2, 0.25) is 0 Å². The largest absolute Gasteiger partial charge is 0.496 e. The van der Waals surface area contributed by atoms with Crippen molar-refractivity contribution in [3.63, 3.8) is 0 Å². The standard InChI is InChI=1S/C14H21N3O3/c1-15-10-3-5-11(6-4-10)16-12-7-13(17(18)19)9-14(8-12)20-2/h7-11,15-16H,3-6H2,1-2H3. The van der Waals surface area contributed by atoms with Gasteiger partial charge in [0.2, 0.25) is 0 Å². The molecule has 1 saturated carbocycles. The summed E-state index contributed by atoms with van der Waals surface area (Å²) in [7, 11) is 3.50. The van der Waals surface area contributed by atoms with Gasteiger partial charge in [-0.15, -0.1) is 0 Å². The van der Waals surface area contributed by atoms with E-state index in [-0.39, 0.29) is 5.69 Å². The first-order valence-electron chi connectivity index (χ1n) is 6.89. The molecule has 20 heavy (non-hydrogen) atoms. The van der Waals surface area contributed by atoms with Gasteiger partial charge in [0.1, 0.15) is 5.75 Å². The molecule has 1 aliphatic rings. The van der Waals surface area contributed by atoms with Crippen LogP contribution in [0.25, 0.3) is 0 Å². The number of ether oxygens (including phenoxy) is 1. The average molecular weight is 279 g/mol. The summed E-state index contributed by atoms with van der Waals surface area (Å²) in [6.45, 7) is 0. The molecule has 0 heterocycles. The van der Waals surface area contributed by atoms with Crippen LogP contribution in [0.1, 0.15) is 25.7 Å². The fourth-order valence-corrected chi connectivity index (χ4v) is 2.65. The first-order chi connectivity index (χ1) is 9.62. The van der Waals surface area contributed by atoms with Gasteiger partial charge in [-0.2, -0.15) is 0 Å². The Hall–Kier alpha value is -1.82. The van der Waals surface area contributed by atoms with Crippen LogP contribution in [-0.4, -0.2) is 31.2 Å². The van der Waals surface area contributed by atoms with Crippen molar-refractivity contribution >= 4 is 11.4 Å². The number of nitro groups is 1. The molecule has 1 aromatic carbocycles. The predicted octanol–water partition coefficient (Wildman–Crippen LogP) is 2.55. The Bertz CT molecular complexity index is 471. The molecular weight excluding hydrogens is 258 g/mol. The molecule has 2 N–H and O–H groups in total. The smallest absolute Gasteiger partial charge is 0.275 e. The lowest BCUT2D eigenvalue weighted by Crippen LogP contribution is -2.34. The zero-order valence-corrected chi connectivity index (χ0v) is 11.9. The van der Waals surface area contributed by atoms with Crippen molar-refractivity contribution in [2.75, 3.05) is 19.5 Å². The number of rotatable bonds is 5. The number of anilines is 1. The molecule has 0 bridgehead atoms. The Morgan fingerprint density at radius 3 is 2.40 bits per heavy atom. The minimum Gasteiger partial charge on any atom is -0.496 e. The van der Waals surface area contributed by atoms with E-state index in [1.165, 1.54) is 13.2 Å². The Balaban J connectivity index is 2.05. The third-order valence-electron chi connectivity index (χ3n) is 3.84. The lowest BCUT2D eigenvalue weighted by Gasteiger charge is -2.29. The molecule has 6 nitrogen and oxygen atoms in total. The van der Waals surface area contributed by atoms with E-state index in [9.17, 15) is 10.1 Å². The molecule has 0 unspecified atom stereocenters. The summed E-state index contributed by atoms with van der Waals surface area (Å²) in [5, 5.41) is 17.6. The van der Waals surface area contributed by atoms with E-state index in [1.807, 2.05) is 7.05 Å². The highest BCUT2D eigenvalue weighted by Gasteiger charge is 2.20. The van der Waals surface area contributed by atoms with Crippen molar-refractivity contribution in [1.29, 1.82) is 0 Å². The third kappa shape index (κ3) is 3.60. The van der Waals surface area contributed by atoms with Crippen LogP contribution in [0.3, 0.4) is 0 Å². The van der Waals surface area contributed by atoms with Gasteiger partial charge < -0.3 is 15.4 Å². The maximum Gasteiger partial charge on any atom is 0.275 e. The number of nitrogens with one attached hydrogen (secondary N) is 2. The molecule has 0 aromatic heterocycles. The summed E-state index contributed by atoms with van der Waals surface area (Å²) in [5.74, 6) is 0.505. The van der Waals surface area contributed by atoms with Gasteiger partial charge in [-0.3, -0.25) is 10.1 Å². The highest BCUT2D eigenvalue weighted by Crippen LogP contribution is 2.28. The van der Waals surface area contributed by atoms with Crippen molar-refractivity contribution in [2.45, 2.75) is 37.8 Å². The third-order valence-corrected chi connectivity index (χ3v) is 3.84. The summed E-state index contributed by atoms with van der Waals surface area (Å²) in [6.07, 6.45) is 4.38. The molecule has 1 aliphatic carbocycles. The maximum atomic E-state index is 10.9. The quantitative estimate of drug-likeness (QED) is 0.640. The summed E-state index contributed by atoms with van der Waals surface area (Å²) in [5.41, 5.74) is 0.805. The lowest BCUT2D eigenvalue weighted by molar-refractivity contribution is -0.384. The molecule has 110 valence electrons. The van der Waals surface area contributed by atoms with Gasteiger partial charge in [-0.1, -0.05) is 0 Å². The minimum absolute atomic E-state index is 0.0516. The first kappa shape index (κ1) is 14.6. The Morgan fingerprint density at radius 1 is 1.20 bits per heavy atom. The molecule has 0 radical (unpaired) electrons. The fourth-order valence-electron chi connectivity index (χ4n) is 2.65. The SMILES string of the molecule is CNC1CCC(Nc2cc(OC)cc([N+](=O)[O-])c2)CC1. The molecular formula is C14H21N3O3. The normalized spacial score (nSPS) is 22.3. The van der Waals surface area contributed by atoms with Gasteiger partial charge >= 0.3 is 0 Å². The van der Waals surface area contributed by atoms with Crippen LogP contribution in [-0.2, 0) is 0 Å². The van der Waals surface area contributed by atoms with Crippen LogP contribution >= 0.6 is 0 Å². The summed E-state index contributed by atoms with van der Waals surface area (Å²) in [6, 6.07) is 5.76. The molecule has 0 amide bonds. The van der Waals surface area contributed by atoms with Gasteiger partial charge in [0.05, 0.1) is 18.1 Å². The van der Waals surface area contributed by atoms with Gasteiger partial charge in [0.15, 0.2) is 0 Å². The average Bonchev–Trinajstić information content (AvgIpc) is 2.47. The van der Waals surface area contributed by atoms with E-state index in [1.54, 1.807) is 12.1 Å². The Kier molecular flexibility index (Phi) is 4.79. The molecule has 0 saturated heterocycles. The molecule has 0 spiro atoms. The van der Waals surface area contributed by atoms with Gasteiger partial charge in [-0.05, 0) is 32.7 Å². The number of non-ortho nitro benzene ring substituents is 1. The Labute approximate surface area is 118 Å². The highest BCUT2D eigenvalue weighted by molar-refractivity contribution is 5.56. The number of hydrogen-bond donors (Lipinski definition) is 2. The second-order valence-electron chi connectivity index (χ2n) is 5.16. The first-order valence-corrected chi connectivity index (χ1v) is 6.89.